The number of rotatable bonds is 4. The summed E-state index contributed by atoms with van der Waals surface area (Å²) in [5, 5.41) is 9.00. The van der Waals surface area contributed by atoms with E-state index in [1.165, 1.54) is 0 Å². The summed E-state index contributed by atoms with van der Waals surface area (Å²) in [6.07, 6.45) is -0.327. The van der Waals surface area contributed by atoms with E-state index in [-0.39, 0.29) is 5.41 Å². The summed E-state index contributed by atoms with van der Waals surface area (Å²) in [4.78, 5) is 11.0. The lowest BCUT2D eigenvalue weighted by Gasteiger charge is -2.24. The number of hydrogen-bond donors (Lipinski definition) is 1. The quantitative estimate of drug-likeness (QED) is 0.873. The van der Waals surface area contributed by atoms with Gasteiger partial charge in [-0.2, -0.15) is 0 Å². The second-order valence-electron chi connectivity index (χ2n) is 5.10. The van der Waals surface area contributed by atoms with Gasteiger partial charge in [0.1, 0.15) is 5.75 Å². The van der Waals surface area contributed by atoms with Crippen molar-refractivity contribution in [1.82, 2.24) is 0 Å². The Morgan fingerprint density at radius 3 is 2.41 bits per heavy atom. The third-order valence-corrected chi connectivity index (χ3v) is 2.61. The molecular weight excluding hydrogens is 216 g/mol. The molecular formula is C14H20O3. The second-order valence-corrected chi connectivity index (χ2v) is 5.10. The number of hydrogen-bond acceptors (Lipinski definition) is 2. The molecule has 17 heavy (non-hydrogen) atoms. The molecule has 1 rings (SSSR count). The zero-order valence-electron chi connectivity index (χ0n) is 10.9. The average molecular weight is 236 g/mol. The van der Waals surface area contributed by atoms with Gasteiger partial charge >= 0.3 is 5.97 Å². The van der Waals surface area contributed by atoms with E-state index in [2.05, 4.69) is 20.8 Å². The Balaban J connectivity index is 3.02. The van der Waals surface area contributed by atoms with E-state index in [9.17, 15) is 4.79 Å². The van der Waals surface area contributed by atoms with E-state index in [0.29, 0.717) is 12.2 Å². The molecule has 0 radical (unpaired) electrons. The lowest BCUT2D eigenvalue weighted by molar-refractivity contribution is -0.145. The third-order valence-electron chi connectivity index (χ3n) is 2.61. The van der Waals surface area contributed by atoms with Crippen molar-refractivity contribution in [1.29, 1.82) is 0 Å². The van der Waals surface area contributed by atoms with Crippen molar-refractivity contribution in [2.24, 2.45) is 0 Å². The predicted octanol–water partition coefficient (Wildman–Crippen LogP) is 3.23. The molecule has 0 aliphatic carbocycles. The van der Waals surface area contributed by atoms with Crippen LogP contribution in [0.15, 0.2) is 24.3 Å². The number of ether oxygens (including phenoxy) is 1. The Labute approximate surface area is 102 Å². The lowest BCUT2D eigenvalue weighted by atomic mass is 9.86. The van der Waals surface area contributed by atoms with Crippen LogP contribution in [0.2, 0.25) is 0 Å². The standard InChI is InChI=1S/C14H20O3/c1-5-11(13(15)16)17-12-9-7-6-8-10(12)14(2,3)4/h6-9,11H,5H2,1-4H3,(H,15,16). The van der Waals surface area contributed by atoms with Crippen LogP contribution in [0.1, 0.15) is 39.7 Å². The molecule has 1 atom stereocenters. The molecule has 0 aromatic heterocycles. The lowest BCUT2D eigenvalue weighted by Crippen LogP contribution is -2.27. The van der Waals surface area contributed by atoms with Crippen LogP contribution in [0.25, 0.3) is 0 Å². The van der Waals surface area contributed by atoms with Crippen molar-refractivity contribution >= 4 is 5.97 Å². The Bertz CT molecular complexity index is 391. The van der Waals surface area contributed by atoms with E-state index in [4.69, 9.17) is 9.84 Å². The molecule has 94 valence electrons. The van der Waals surface area contributed by atoms with Gasteiger partial charge in [-0.05, 0) is 23.5 Å². The highest BCUT2D eigenvalue weighted by Gasteiger charge is 2.22. The van der Waals surface area contributed by atoms with Gasteiger partial charge in [-0.3, -0.25) is 0 Å². The van der Waals surface area contributed by atoms with Crippen molar-refractivity contribution < 1.29 is 14.6 Å². The fourth-order valence-electron chi connectivity index (χ4n) is 1.65. The molecule has 0 fully saturated rings. The number of carbonyl (C=O) groups is 1. The Morgan fingerprint density at radius 2 is 1.94 bits per heavy atom. The number of carboxylic acids is 1. The first-order valence-electron chi connectivity index (χ1n) is 5.85. The van der Waals surface area contributed by atoms with E-state index in [0.717, 1.165) is 5.56 Å². The van der Waals surface area contributed by atoms with Crippen molar-refractivity contribution in [3.05, 3.63) is 29.8 Å². The van der Waals surface area contributed by atoms with Gasteiger partial charge in [-0.1, -0.05) is 45.9 Å². The number of carboxylic acid groups (broad SMARTS) is 1. The average Bonchev–Trinajstić information content (AvgIpc) is 2.24. The van der Waals surface area contributed by atoms with Crippen LogP contribution in [0.4, 0.5) is 0 Å². The summed E-state index contributed by atoms with van der Waals surface area (Å²) in [5.74, 6) is -0.259. The highest BCUT2D eigenvalue weighted by Crippen LogP contribution is 2.31. The summed E-state index contributed by atoms with van der Waals surface area (Å²) in [6.45, 7) is 8.04. The van der Waals surface area contributed by atoms with E-state index in [1.54, 1.807) is 6.92 Å². The highest BCUT2D eigenvalue weighted by molar-refractivity contribution is 5.72. The van der Waals surface area contributed by atoms with E-state index < -0.39 is 12.1 Å². The maximum Gasteiger partial charge on any atom is 0.344 e. The maximum absolute atomic E-state index is 11.0. The molecule has 1 aromatic rings. The second kappa shape index (κ2) is 5.21. The Kier molecular flexibility index (Phi) is 4.16. The molecule has 1 unspecified atom stereocenters. The highest BCUT2D eigenvalue weighted by atomic mass is 16.5. The van der Waals surface area contributed by atoms with Gasteiger partial charge in [0.05, 0.1) is 0 Å². The molecule has 0 spiro atoms. The summed E-state index contributed by atoms with van der Waals surface area (Å²) < 4.78 is 5.58. The Morgan fingerprint density at radius 1 is 1.35 bits per heavy atom. The van der Waals surface area contributed by atoms with Crippen LogP contribution < -0.4 is 4.74 Å². The molecule has 3 heteroatoms. The van der Waals surface area contributed by atoms with Crippen molar-refractivity contribution in [3.63, 3.8) is 0 Å². The minimum Gasteiger partial charge on any atom is -0.479 e. The minimum absolute atomic E-state index is 0.0621. The fourth-order valence-corrected chi connectivity index (χ4v) is 1.65. The van der Waals surface area contributed by atoms with Crippen LogP contribution in [0.3, 0.4) is 0 Å². The van der Waals surface area contributed by atoms with Gasteiger partial charge in [0, 0.05) is 0 Å². The van der Waals surface area contributed by atoms with Crippen molar-refractivity contribution in [2.75, 3.05) is 0 Å². The number of aliphatic carboxylic acids is 1. The minimum atomic E-state index is -0.920. The first-order chi connectivity index (χ1) is 7.86. The first-order valence-corrected chi connectivity index (χ1v) is 5.85. The van der Waals surface area contributed by atoms with Crippen molar-refractivity contribution in [3.8, 4) is 5.75 Å². The van der Waals surface area contributed by atoms with Gasteiger partial charge in [-0.25, -0.2) is 4.79 Å². The van der Waals surface area contributed by atoms with Gasteiger partial charge < -0.3 is 9.84 Å². The van der Waals surface area contributed by atoms with Crippen LogP contribution in [-0.2, 0) is 10.2 Å². The fraction of sp³-hybridized carbons (Fsp3) is 0.500. The molecule has 3 nitrogen and oxygen atoms in total. The summed E-state index contributed by atoms with van der Waals surface area (Å²) in [7, 11) is 0. The van der Waals surface area contributed by atoms with Gasteiger partial charge in [0.25, 0.3) is 0 Å². The zero-order chi connectivity index (χ0) is 13.1. The third kappa shape index (κ3) is 3.48. The maximum atomic E-state index is 11.0. The molecule has 1 aromatic carbocycles. The smallest absolute Gasteiger partial charge is 0.344 e. The molecule has 0 saturated heterocycles. The van der Waals surface area contributed by atoms with Gasteiger partial charge in [0.15, 0.2) is 6.10 Å². The SMILES string of the molecule is CCC(Oc1ccccc1C(C)(C)C)C(=O)O. The van der Waals surface area contributed by atoms with E-state index in [1.807, 2.05) is 24.3 Å². The largest absolute Gasteiger partial charge is 0.479 e. The topological polar surface area (TPSA) is 46.5 Å². The molecule has 0 saturated carbocycles. The molecule has 0 bridgehead atoms. The van der Waals surface area contributed by atoms with Gasteiger partial charge in [0.2, 0.25) is 0 Å². The monoisotopic (exact) mass is 236 g/mol. The van der Waals surface area contributed by atoms with Crippen molar-refractivity contribution in [2.45, 2.75) is 45.6 Å². The van der Waals surface area contributed by atoms with Gasteiger partial charge in [-0.15, -0.1) is 0 Å². The van der Waals surface area contributed by atoms with Crippen LogP contribution >= 0.6 is 0 Å². The molecule has 0 aliphatic heterocycles. The van der Waals surface area contributed by atoms with Crippen LogP contribution in [0, 0.1) is 0 Å². The Hall–Kier alpha value is -1.51. The predicted molar refractivity (Wildman–Crippen MR) is 67.5 cm³/mol. The zero-order valence-corrected chi connectivity index (χ0v) is 10.9. The summed E-state index contributed by atoms with van der Waals surface area (Å²) in [6, 6.07) is 7.60. The number of benzene rings is 1. The summed E-state index contributed by atoms with van der Waals surface area (Å²) in [5.41, 5.74) is 0.965. The molecule has 0 aliphatic rings. The van der Waals surface area contributed by atoms with Crippen LogP contribution in [0.5, 0.6) is 5.75 Å². The summed E-state index contributed by atoms with van der Waals surface area (Å²) >= 11 is 0. The molecule has 0 amide bonds. The molecule has 1 N–H and O–H groups in total. The van der Waals surface area contributed by atoms with Crippen LogP contribution in [-0.4, -0.2) is 17.2 Å². The first kappa shape index (κ1) is 13.6. The van der Waals surface area contributed by atoms with E-state index >= 15 is 0 Å². The molecule has 0 heterocycles. The normalized spacial score (nSPS) is 13.2. The number of para-hydroxylation sites is 1.